The highest BCUT2D eigenvalue weighted by molar-refractivity contribution is 5.89. The Morgan fingerprint density at radius 1 is 1.00 bits per heavy atom. The summed E-state index contributed by atoms with van der Waals surface area (Å²) in [6, 6.07) is 19.0. The number of hydrogen-bond acceptors (Lipinski definition) is 1. The van der Waals surface area contributed by atoms with Crippen molar-refractivity contribution in [3.8, 4) is 23.6 Å². The lowest BCUT2D eigenvalue weighted by molar-refractivity contribution is 0.205. The summed E-state index contributed by atoms with van der Waals surface area (Å²) in [5.41, 5.74) is 3.33. The van der Waals surface area contributed by atoms with E-state index < -0.39 is 6.09 Å². The molecule has 0 heterocycles. The highest BCUT2D eigenvalue weighted by Crippen LogP contribution is 2.29. The molecule has 0 saturated heterocycles. The average molecular weight is 237 g/mol. The van der Waals surface area contributed by atoms with E-state index in [1.54, 1.807) is 30.3 Å². The average Bonchev–Trinajstić information content (AvgIpc) is 2.36. The van der Waals surface area contributed by atoms with Crippen LogP contribution in [0.3, 0.4) is 0 Å². The van der Waals surface area contributed by atoms with Crippen LogP contribution in [0, 0.1) is 12.5 Å². The first-order chi connectivity index (χ1) is 8.72. The molecule has 2 aliphatic rings. The van der Waals surface area contributed by atoms with Crippen LogP contribution in [0.4, 0.5) is 10.5 Å². The molecule has 0 bridgehead atoms. The minimum atomic E-state index is -1.15. The molecule has 0 spiro atoms. The normalized spacial score (nSPS) is 9.50. The summed E-state index contributed by atoms with van der Waals surface area (Å²) in [5, 5.41) is 8.61. The van der Waals surface area contributed by atoms with Gasteiger partial charge in [-0.25, -0.2) is 9.69 Å². The van der Waals surface area contributed by atoms with Gasteiger partial charge < -0.3 is 5.11 Å². The highest BCUT2D eigenvalue weighted by Gasteiger charge is 2.09. The minimum absolute atomic E-state index is 0.479. The van der Waals surface area contributed by atoms with Crippen LogP contribution >= 0.6 is 0 Å². The third-order valence-electron chi connectivity index (χ3n) is 2.55. The number of nitrogens with zero attached hydrogens (tertiary/aromatic N) is 1. The fourth-order valence-corrected chi connectivity index (χ4v) is 1.48. The first-order valence-electron chi connectivity index (χ1n) is 5.37. The molecule has 1 N–H and O–H groups in total. The molecule has 18 heavy (non-hydrogen) atoms. The maximum atomic E-state index is 10.5. The van der Waals surface area contributed by atoms with E-state index in [2.05, 4.69) is 30.3 Å². The Hall–Kier alpha value is -2.73. The molecule has 3 nitrogen and oxygen atoms in total. The lowest BCUT2D eigenvalue weighted by Gasteiger charge is -2.10. The van der Waals surface area contributed by atoms with Crippen LogP contribution in [-0.4, -0.2) is 11.2 Å². The number of anilines is 1. The van der Waals surface area contributed by atoms with Crippen molar-refractivity contribution < 1.29 is 9.90 Å². The van der Waals surface area contributed by atoms with Crippen LogP contribution in [0.5, 0.6) is 0 Å². The number of carboxylic acid groups (broad SMARTS) is 1. The Labute approximate surface area is 105 Å². The molecule has 0 saturated carbocycles. The van der Waals surface area contributed by atoms with Gasteiger partial charge in [0.25, 0.3) is 0 Å². The van der Waals surface area contributed by atoms with Crippen molar-refractivity contribution in [1.82, 2.24) is 0 Å². The second kappa shape index (κ2) is 5.07. The van der Waals surface area contributed by atoms with Gasteiger partial charge in [-0.2, -0.15) is 0 Å². The van der Waals surface area contributed by atoms with Crippen molar-refractivity contribution in [3.63, 3.8) is 0 Å². The lowest BCUT2D eigenvalue weighted by Crippen LogP contribution is -2.22. The zero-order valence-electron chi connectivity index (χ0n) is 9.58. The molecule has 0 fully saturated rings. The van der Waals surface area contributed by atoms with E-state index in [4.69, 9.17) is 11.5 Å². The van der Waals surface area contributed by atoms with E-state index in [9.17, 15) is 4.79 Å². The standard InChI is InChI=1S/C9H7NO2.C6H4/c1-2-10(9(11)12)8-6-4-3-5-7-8;1-2-6-4-3-5(1)6/h1,3-7H,(H,11,12);1-4H. The van der Waals surface area contributed by atoms with Crippen molar-refractivity contribution in [2.24, 2.45) is 0 Å². The lowest BCUT2D eigenvalue weighted by atomic mass is 9.95. The van der Waals surface area contributed by atoms with Gasteiger partial charge in [0.1, 0.15) is 0 Å². The van der Waals surface area contributed by atoms with Crippen LogP contribution in [0.25, 0.3) is 11.1 Å². The number of terminal acetylenes is 1. The van der Waals surface area contributed by atoms with E-state index in [1.165, 1.54) is 11.1 Å². The van der Waals surface area contributed by atoms with E-state index in [0.717, 1.165) is 4.90 Å². The van der Waals surface area contributed by atoms with Gasteiger partial charge in [-0.1, -0.05) is 48.9 Å². The van der Waals surface area contributed by atoms with Crippen molar-refractivity contribution in [2.45, 2.75) is 0 Å². The number of para-hydroxylation sites is 1. The molecule has 0 atom stereocenters. The SMILES string of the molecule is C#CN(C(=O)O)c1ccccc1.c1cc2ccc1-2. The number of benzene rings is 2. The molecule has 1 aromatic carbocycles. The summed E-state index contributed by atoms with van der Waals surface area (Å²) < 4.78 is 0. The highest BCUT2D eigenvalue weighted by atomic mass is 16.4. The Morgan fingerprint density at radius 3 is 1.78 bits per heavy atom. The summed E-state index contributed by atoms with van der Waals surface area (Å²) in [6.45, 7) is 0. The predicted molar refractivity (Wildman–Crippen MR) is 71.2 cm³/mol. The fraction of sp³-hybridized carbons (Fsp3) is 0. The van der Waals surface area contributed by atoms with Crippen molar-refractivity contribution in [2.75, 3.05) is 4.90 Å². The summed E-state index contributed by atoms with van der Waals surface area (Å²) in [7, 11) is 0. The van der Waals surface area contributed by atoms with Crippen molar-refractivity contribution in [3.05, 3.63) is 54.6 Å². The van der Waals surface area contributed by atoms with Crippen LogP contribution in [0.15, 0.2) is 54.6 Å². The zero-order chi connectivity index (χ0) is 13.0. The summed E-state index contributed by atoms with van der Waals surface area (Å²) in [4.78, 5) is 11.3. The smallest absolute Gasteiger partial charge is 0.423 e. The number of rotatable bonds is 1. The first-order valence-corrected chi connectivity index (χ1v) is 5.37. The maximum absolute atomic E-state index is 10.5. The number of carbonyl (C=O) groups is 1. The van der Waals surface area contributed by atoms with E-state index in [0.29, 0.717) is 5.69 Å². The maximum Gasteiger partial charge on any atom is 0.423 e. The molecule has 3 heteroatoms. The van der Waals surface area contributed by atoms with Crippen LogP contribution in [0.2, 0.25) is 0 Å². The van der Waals surface area contributed by atoms with Gasteiger partial charge in [-0.15, -0.1) is 0 Å². The molecule has 0 unspecified atom stereocenters. The van der Waals surface area contributed by atoms with E-state index in [1.807, 2.05) is 0 Å². The Kier molecular flexibility index (Phi) is 3.31. The fourth-order valence-electron chi connectivity index (χ4n) is 1.48. The molecule has 1 aromatic rings. The van der Waals surface area contributed by atoms with Gasteiger partial charge in [0.15, 0.2) is 0 Å². The quantitative estimate of drug-likeness (QED) is 0.520. The van der Waals surface area contributed by atoms with Crippen molar-refractivity contribution >= 4 is 11.8 Å². The Morgan fingerprint density at radius 2 is 1.50 bits per heavy atom. The Balaban J connectivity index is 0.000000164. The largest absolute Gasteiger partial charge is 0.464 e. The second-order valence-electron chi connectivity index (χ2n) is 3.66. The third kappa shape index (κ3) is 2.33. The molecular formula is C15H11NO2. The number of fused-ring (bicyclic) bond motifs is 1. The summed E-state index contributed by atoms with van der Waals surface area (Å²) in [5.74, 6) is 0. The summed E-state index contributed by atoms with van der Waals surface area (Å²) >= 11 is 0. The van der Waals surface area contributed by atoms with Gasteiger partial charge in [-0.3, -0.25) is 0 Å². The molecular weight excluding hydrogens is 226 g/mol. The van der Waals surface area contributed by atoms with Crippen LogP contribution in [-0.2, 0) is 0 Å². The second-order valence-corrected chi connectivity index (χ2v) is 3.66. The van der Waals surface area contributed by atoms with Crippen LogP contribution in [0.1, 0.15) is 0 Å². The van der Waals surface area contributed by atoms with Gasteiger partial charge in [0.05, 0.1) is 5.69 Å². The molecule has 88 valence electrons. The molecule has 0 radical (unpaired) electrons. The predicted octanol–water partition coefficient (Wildman–Crippen LogP) is 3.43. The number of hydrogen-bond donors (Lipinski definition) is 1. The molecule has 1 amide bonds. The molecule has 0 aliphatic heterocycles. The van der Waals surface area contributed by atoms with Gasteiger partial charge in [-0.05, 0) is 23.3 Å². The van der Waals surface area contributed by atoms with Gasteiger partial charge in [0, 0.05) is 6.04 Å². The van der Waals surface area contributed by atoms with Gasteiger partial charge in [0.2, 0.25) is 0 Å². The monoisotopic (exact) mass is 237 g/mol. The zero-order valence-corrected chi connectivity index (χ0v) is 9.58. The molecule has 0 aromatic heterocycles. The minimum Gasteiger partial charge on any atom is -0.464 e. The van der Waals surface area contributed by atoms with Crippen LogP contribution < -0.4 is 4.90 Å². The molecule has 2 aliphatic carbocycles. The molecule has 3 rings (SSSR count). The Bertz CT molecular complexity index is 561. The van der Waals surface area contributed by atoms with E-state index >= 15 is 0 Å². The summed E-state index contributed by atoms with van der Waals surface area (Å²) in [6.07, 6.45) is 3.85. The van der Waals surface area contributed by atoms with E-state index in [-0.39, 0.29) is 0 Å². The first kappa shape index (κ1) is 11.7. The third-order valence-corrected chi connectivity index (χ3v) is 2.55. The van der Waals surface area contributed by atoms with Gasteiger partial charge >= 0.3 is 6.09 Å². The number of amides is 1. The van der Waals surface area contributed by atoms with Crippen molar-refractivity contribution in [1.29, 1.82) is 0 Å². The topological polar surface area (TPSA) is 40.5 Å².